The molecule has 1 saturated heterocycles. The maximum atomic E-state index is 12.3. The molecule has 5 heteroatoms. The molecule has 0 spiro atoms. The maximum Gasteiger partial charge on any atom is 0.270 e. The number of likely N-dealkylation sites (N-methyl/N-ethyl adjacent to an activating group) is 1. The van der Waals surface area contributed by atoms with Crippen LogP contribution in [-0.2, 0) is 7.05 Å². The van der Waals surface area contributed by atoms with Crippen molar-refractivity contribution in [3.63, 3.8) is 0 Å². The van der Waals surface area contributed by atoms with Gasteiger partial charge in [-0.3, -0.25) is 4.79 Å². The van der Waals surface area contributed by atoms with Gasteiger partial charge in [-0.25, -0.2) is 0 Å². The minimum Gasteiger partial charge on any atom is -0.345 e. The molecule has 1 aromatic rings. The van der Waals surface area contributed by atoms with Crippen molar-refractivity contribution in [2.24, 2.45) is 7.05 Å². The van der Waals surface area contributed by atoms with Gasteiger partial charge in [-0.2, -0.15) is 0 Å². The Bertz CT molecular complexity index is 410. The van der Waals surface area contributed by atoms with E-state index in [2.05, 4.69) is 21.2 Å². The molecule has 1 amide bonds. The van der Waals surface area contributed by atoms with E-state index in [0.29, 0.717) is 6.04 Å². The fourth-order valence-electron chi connectivity index (χ4n) is 2.25. The summed E-state index contributed by atoms with van der Waals surface area (Å²) in [7, 11) is 3.78. The molecule has 0 bridgehead atoms. The third-order valence-electron chi connectivity index (χ3n) is 3.33. The molecule has 0 aliphatic carbocycles. The SMILES string of the molecule is CN(C(=O)c1cc(Br)cn1C)C1CCCNC1. The third kappa shape index (κ3) is 2.72. The van der Waals surface area contributed by atoms with Gasteiger partial charge in [-0.1, -0.05) is 0 Å². The topological polar surface area (TPSA) is 37.3 Å². The molecule has 1 aromatic heterocycles. The second kappa shape index (κ2) is 5.23. The quantitative estimate of drug-likeness (QED) is 0.901. The molecule has 1 aliphatic heterocycles. The largest absolute Gasteiger partial charge is 0.345 e. The van der Waals surface area contributed by atoms with Crippen LogP contribution in [0.25, 0.3) is 0 Å². The summed E-state index contributed by atoms with van der Waals surface area (Å²) in [6.45, 7) is 1.96. The van der Waals surface area contributed by atoms with E-state index >= 15 is 0 Å². The molecular weight excluding hydrogens is 282 g/mol. The molecule has 0 saturated carbocycles. The van der Waals surface area contributed by atoms with E-state index in [9.17, 15) is 4.79 Å². The average molecular weight is 300 g/mol. The van der Waals surface area contributed by atoms with E-state index in [1.54, 1.807) is 0 Å². The molecule has 2 rings (SSSR count). The van der Waals surface area contributed by atoms with Crippen LogP contribution in [0.5, 0.6) is 0 Å². The first-order valence-electron chi connectivity index (χ1n) is 5.89. The number of aryl methyl sites for hydroxylation is 1. The summed E-state index contributed by atoms with van der Waals surface area (Å²) >= 11 is 3.39. The van der Waals surface area contributed by atoms with Gasteiger partial charge in [0, 0.05) is 37.4 Å². The van der Waals surface area contributed by atoms with Crippen molar-refractivity contribution in [2.75, 3.05) is 20.1 Å². The van der Waals surface area contributed by atoms with E-state index in [1.807, 2.05) is 35.8 Å². The lowest BCUT2D eigenvalue weighted by Gasteiger charge is -2.31. The lowest BCUT2D eigenvalue weighted by Crippen LogP contribution is -2.47. The van der Waals surface area contributed by atoms with E-state index in [1.165, 1.54) is 0 Å². The predicted molar refractivity (Wildman–Crippen MR) is 71.1 cm³/mol. The molecule has 0 aromatic carbocycles. The van der Waals surface area contributed by atoms with Crippen molar-refractivity contribution in [3.05, 3.63) is 22.4 Å². The van der Waals surface area contributed by atoms with Crippen LogP contribution >= 0.6 is 15.9 Å². The molecule has 94 valence electrons. The summed E-state index contributed by atoms with van der Waals surface area (Å²) in [4.78, 5) is 14.2. The molecule has 1 fully saturated rings. The Balaban J connectivity index is 2.11. The summed E-state index contributed by atoms with van der Waals surface area (Å²) < 4.78 is 2.80. The van der Waals surface area contributed by atoms with Gasteiger partial charge >= 0.3 is 0 Å². The Labute approximate surface area is 110 Å². The van der Waals surface area contributed by atoms with Crippen molar-refractivity contribution in [3.8, 4) is 0 Å². The number of nitrogens with one attached hydrogen (secondary N) is 1. The van der Waals surface area contributed by atoms with Gasteiger partial charge in [0.2, 0.25) is 0 Å². The van der Waals surface area contributed by atoms with Gasteiger partial charge in [-0.05, 0) is 41.4 Å². The van der Waals surface area contributed by atoms with Crippen LogP contribution in [0.3, 0.4) is 0 Å². The van der Waals surface area contributed by atoms with Gasteiger partial charge < -0.3 is 14.8 Å². The Morgan fingerprint density at radius 3 is 2.94 bits per heavy atom. The van der Waals surface area contributed by atoms with Gasteiger partial charge in [0.15, 0.2) is 0 Å². The molecule has 0 radical (unpaired) electrons. The number of nitrogens with zero attached hydrogens (tertiary/aromatic N) is 2. The second-order valence-corrected chi connectivity index (χ2v) is 5.49. The number of hydrogen-bond donors (Lipinski definition) is 1. The molecule has 2 heterocycles. The number of carbonyl (C=O) groups is 1. The molecule has 1 N–H and O–H groups in total. The van der Waals surface area contributed by atoms with Gasteiger partial charge in [-0.15, -0.1) is 0 Å². The molecule has 17 heavy (non-hydrogen) atoms. The van der Waals surface area contributed by atoms with Crippen LogP contribution in [-0.4, -0.2) is 41.6 Å². The summed E-state index contributed by atoms with van der Waals surface area (Å²) in [5.74, 6) is 0.0897. The molecular formula is C12H18BrN3O. The first-order valence-corrected chi connectivity index (χ1v) is 6.68. The number of halogens is 1. The van der Waals surface area contributed by atoms with Crippen LogP contribution < -0.4 is 5.32 Å². The van der Waals surface area contributed by atoms with Crippen molar-refractivity contribution < 1.29 is 4.79 Å². The first-order chi connectivity index (χ1) is 8.09. The van der Waals surface area contributed by atoms with Crippen LogP contribution in [0.15, 0.2) is 16.7 Å². The van der Waals surface area contributed by atoms with Crippen LogP contribution in [0.2, 0.25) is 0 Å². The number of amides is 1. The lowest BCUT2D eigenvalue weighted by atomic mass is 10.1. The molecule has 1 atom stereocenters. The van der Waals surface area contributed by atoms with Crippen molar-refractivity contribution in [1.29, 1.82) is 0 Å². The van der Waals surface area contributed by atoms with Crippen LogP contribution in [0.1, 0.15) is 23.3 Å². The maximum absolute atomic E-state index is 12.3. The Hall–Kier alpha value is -0.810. The van der Waals surface area contributed by atoms with Crippen LogP contribution in [0.4, 0.5) is 0 Å². The third-order valence-corrected chi connectivity index (χ3v) is 3.76. The van der Waals surface area contributed by atoms with Gasteiger partial charge in [0.25, 0.3) is 5.91 Å². The minimum absolute atomic E-state index is 0.0897. The van der Waals surface area contributed by atoms with Crippen molar-refractivity contribution in [1.82, 2.24) is 14.8 Å². The number of rotatable bonds is 2. The van der Waals surface area contributed by atoms with E-state index < -0.39 is 0 Å². The van der Waals surface area contributed by atoms with Crippen molar-refractivity contribution in [2.45, 2.75) is 18.9 Å². The zero-order valence-corrected chi connectivity index (χ0v) is 11.8. The highest BCUT2D eigenvalue weighted by atomic mass is 79.9. The average Bonchev–Trinajstić information content (AvgIpc) is 2.68. The van der Waals surface area contributed by atoms with E-state index in [4.69, 9.17) is 0 Å². The zero-order valence-electron chi connectivity index (χ0n) is 10.2. The summed E-state index contributed by atoms with van der Waals surface area (Å²) in [6.07, 6.45) is 4.13. The van der Waals surface area contributed by atoms with Gasteiger partial charge in [0.1, 0.15) is 5.69 Å². The molecule has 1 aliphatic rings. The second-order valence-electron chi connectivity index (χ2n) is 4.57. The van der Waals surface area contributed by atoms with Crippen LogP contribution in [0, 0.1) is 0 Å². The summed E-state index contributed by atoms with van der Waals surface area (Å²) in [6, 6.07) is 2.18. The number of aromatic nitrogens is 1. The van der Waals surface area contributed by atoms with E-state index in [0.717, 1.165) is 36.1 Å². The Kier molecular flexibility index (Phi) is 3.89. The zero-order chi connectivity index (χ0) is 12.4. The minimum atomic E-state index is 0.0897. The first kappa shape index (κ1) is 12.6. The van der Waals surface area contributed by atoms with Gasteiger partial charge in [0.05, 0.1) is 0 Å². The highest BCUT2D eigenvalue weighted by molar-refractivity contribution is 9.10. The van der Waals surface area contributed by atoms with Crippen molar-refractivity contribution >= 4 is 21.8 Å². The molecule has 1 unspecified atom stereocenters. The lowest BCUT2D eigenvalue weighted by molar-refractivity contribution is 0.0698. The highest BCUT2D eigenvalue weighted by Crippen LogP contribution is 2.17. The highest BCUT2D eigenvalue weighted by Gasteiger charge is 2.24. The predicted octanol–water partition coefficient (Wildman–Crippen LogP) is 1.61. The standard InChI is InChI=1S/C12H18BrN3O/c1-15-8-9(13)6-11(15)12(17)16(2)10-4-3-5-14-7-10/h6,8,10,14H,3-5,7H2,1-2H3. The number of carbonyl (C=O) groups excluding carboxylic acids is 1. The smallest absolute Gasteiger partial charge is 0.270 e. The molecule has 4 nitrogen and oxygen atoms in total. The number of hydrogen-bond acceptors (Lipinski definition) is 2. The normalized spacial score (nSPS) is 20.3. The fourth-order valence-corrected chi connectivity index (χ4v) is 2.77. The number of piperidine rings is 1. The fraction of sp³-hybridized carbons (Fsp3) is 0.583. The Morgan fingerprint density at radius 1 is 1.65 bits per heavy atom. The van der Waals surface area contributed by atoms with E-state index in [-0.39, 0.29) is 5.91 Å². The summed E-state index contributed by atoms with van der Waals surface area (Å²) in [5.41, 5.74) is 0.727. The monoisotopic (exact) mass is 299 g/mol. The summed E-state index contributed by atoms with van der Waals surface area (Å²) in [5, 5.41) is 3.33. The Morgan fingerprint density at radius 2 is 2.41 bits per heavy atom.